The Kier molecular flexibility index (Phi) is 3.65. The smallest absolute Gasteiger partial charge is 0.349 e. The van der Waals surface area contributed by atoms with Crippen molar-refractivity contribution in [1.82, 2.24) is 4.90 Å². The van der Waals surface area contributed by atoms with Crippen molar-refractivity contribution in [2.75, 3.05) is 6.54 Å². The molecule has 0 aliphatic carbocycles. The Bertz CT molecular complexity index is 946. The predicted octanol–water partition coefficient (Wildman–Crippen LogP) is 3.77. The van der Waals surface area contributed by atoms with Crippen LogP contribution in [0.5, 0.6) is 0 Å². The summed E-state index contributed by atoms with van der Waals surface area (Å²) >= 11 is 0. The number of hydrogen-bond acceptors (Lipinski definition) is 3. The summed E-state index contributed by atoms with van der Waals surface area (Å²) in [5.74, 6) is -0.249. The number of carbonyl (C=O) groups is 1. The van der Waals surface area contributed by atoms with Crippen molar-refractivity contribution in [3.8, 4) is 0 Å². The Balaban J connectivity index is 1.73. The zero-order chi connectivity index (χ0) is 16.5. The van der Waals surface area contributed by atoms with Gasteiger partial charge in [-0.3, -0.25) is 4.79 Å². The lowest BCUT2D eigenvalue weighted by Gasteiger charge is -2.24. The molecule has 0 N–H and O–H groups in total. The Morgan fingerprint density at radius 3 is 2.62 bits per heavy atom. The fourth-order valence-corrected chi connectivity index (χ4v) is 3.40. The number of carbonyl (C=O) groups excluding carboxylic acids is 1. The normalized spacial score (nSPS) is 17.3. The highest BCUT2D eigenvalue weighted by molar-refractivity contribution is 5.97. The van der Waals surface area contributed by atoms with Crippen LogP contribution < -0.4 is 5.63 Å². The van der Waals surface area contributed by atoms with E-state index in [4.69, 9.17) is 4.42 Å². The standard InChI is InChI=1S/C20H17NO3/c22-19(16-13-15-9-4-5-11-18(15)24-20(16)23)21-12-6-10-17(21)14-7-2-1-3-8-14/h1-5,7-9,11,13,17H,6,10,12H2/t17-/m0/s1. The second kappa shape index (κ2) is 5.96. The quantitative estimate of drug-likeness (QED) is 0.676. The molecule has 0 unspecified atom stereocenters. The van der Waals surface area contributed by atoms with Gasteiger partial charge in [0.15, 0.2) is 0 Å². The van der Waals surface area contributed by atoms with Crippen molar-refractivity contribution in [2.24, 2.45) is 0 Å². The highest BCUT2D eigenvalue weighted by Gasteiger charge is 2.32. The maximum absolute atomic E-state index is 13.0. The minimum atomic E-state index is -0.572. The van der Waals surface area contributed by atoms with Gasteiger partial charge in [0, 0.05) is 11.9 Å². The Morgan fingerprint density at radius 2 is 1.79 bits per heavy atom. The molecule has 1 atom stereocenters. The number of amides is 1. The summed E-state index contributed by atoms with van der Waals surface area (Å²) in [4.78, 5) is 27.0. The molecule has 4 heteroatoms. The number of para-hydroxylation sites is 1. The van der Waals surface area contributed by atoms with Crippen LogP contribution in [-0.2, 0) is 0 Å². The van der Waals surface area contributed by atoms with Crippen LogP contribution in [0.1, 0.15) is 34.8 Å². The first-order chi connectivity index (χ1) is 11.7. The second-order valence-electron chi connectivity index (χ2n) is 6.05. The van der Waals surface area contributed by atoms with E-state index < -0.39 is 5.63 Å². The maximum atomic E-state index is 13.0. The van der Waals surface area contributed by atoms with E-state index in [-0.39, 0.29) is 17.5 Å². The molecule has 2 aromatic carbocycles. The third-order valence-electron chi connectivity index (χ3n) is 4.57. The fraction of sp³-hybridized carbons (Fsp3) is 0.200. The third kappa shape index (κ3) is 2.50. The average Bonchev–Trinajstić information content (AvgIpc) is 3.11. The lowest BCUT2D eigenvalue weighted by molar-refractivity contribution is 0.0731. The van der Waals surface area contributed by atoms with Gasteiger partial charge in [-0.15, -0.1) is 0 Å². The molecule has 4 nitrogen and oxygen atoms in total. The number of fused-ring (bicyclic) bond motifs is 1. The number of likely N-dealkylation sites (tertiary alicyclic amines) is 1. The minimum Gasteiger partial charge on any atom is -0.422 e. The number of benzene rings is 2. The zero-order valence-corrected chi connectivity index (χ0v) is 13.1. The lowest BCUT2D eigenvalue weighted by atomic mass is 10.0. The van der Waals surface area contributed by atoms with Crippen molar-refractivity contribution in [1.29, 1.82) is 0 Å². The van der Waals surface area contributed by atoms with Crippen LogP contribution in [-0.4, -0.2) is 17.4 Å². The number of rotatable bonds is 2. The molecular formula is C20H17NO3. The summed E-state index contributed by atoms with van der Waals surface area (Å²) in [5, 5.41) is 0.760. The van der Waals surface area contributed by atoms with Gasteiger partial charge in [0.25, 0.3) is 5.91 Å². The van der Waals surface area contributed by atoms with E-state index in [2.05, 4.69) is 0 Å². The molecule has 1 fully saturated rings. The van der Waals surface area contributed by atoms with E-state index >= 15 is 0 Å². The first-order valence-electron chi connectivity index (χ1n) is 8.13. The molecule has 0 radical (unpaired) electrons. The van der Waals surface area contributed by atoms with Crippen LogP contribution in [0.25, 0.3) is 11.0 Å². The van der Waals surface area contributed by atoms with Gasteiger partial charge in [0.05, 0.1) is 6.04 Å². The van der Waals surface area contributed by atoms with Gasteiger partial charge < -0.3 is 9.32 Å². The highest BCUT2D eigenvalue weighted by Crippen LogP contribution is 2.32. The van der Waals surface area contributed by atoms with Gasteiger partial charge in [-0.1, -0.05) is 48.5 Å². The van der Waals surface area contributed by atoms with Crippen molar-refractivity contribution >= 4 is 16.9 Å². The Labute approximate surface area is 139 Å². The molecule has 0 bridgehead atoms. The SMILES string of the molecule is O=C(c1cc2ccccc2oc1=O)N1CCC[C@H]1c1ccccc1. The Morgan fingerprint density at radius 1 is 1.04 bits per heavy atom. The average molecular weight is 319 g/mol. The number of hydrogen-bond donors (Lipinski definition) is 0. The second-order valence-corrected chi connectivity index (χ2v) is 6.05. The van der Waals surface area contributed by atoms with Crippen LogP contribution in [0.4, 0.5) is 0 Å². The van der Waals surface area contributed by atoms with E-state index in [9.17, 15) is 9.59 Å². The summed E-state index contributed by atoms with van der Waals surface area (Å²) in [5.41, 5.74) is 1.14. The molecule has 120 valence electrons. The highest BCUT2D eigenvalue weighted by atomic mass is 16.4. The third-order valence-corrected chi connectivity index (χ3v) is 4.57. The minimum absolute atomic E-state index is 0.0181. The molecule has 1 saturated heterocycles. The molecular weight excluding hydrogens is 302 g/mol. The molecule has 2 heterocycles. The maximum Gasteiger partial charge on any atom is 0.349 e. The monoisotopic (exact) mass is 319 g/mol. The van der Waals surface area contributed by atoms with Crippen LogP contribution in [0.3, 0.4) is 0 Å². The summed E-state index contributed by atoms with van der Waals surface area (Å²) in [7, 11) is 0. The van der Waals surface area contributed by atoms with Crippen LogP contribution in [0.15, 0.2) is 69.9 Å². The molecule has 1 aliphatic rings. The lowest BCUT2D eigenvalue weighted by Crippen LogP contribution is -2.33. The predicted molar refractivity (Wildman–Crippen MR) is 91.9 cm³/mol. The molecule has 0 saturated carbocycles. The van der Waals surface area contributed by atoms with Crippen LogP contribution in [0.2, 0.25) is 0 Å². The van der Waals surface area contributed by atoms with E-state index in [1.165, 1.54) is 0 Å². The molecule has 24 heavy (non-hydrogen) atoms. The zero-order valence-electron chi connectivity index (χ0n) is 13.1. The summed E-state index contributed by atoms with van der Waals surface area (Å²) < 4.78 is 5.31. The molecule has 1 amide bonds. The van der Waals surface area contributed by atoms with Crippen molar-refractivity contribution in [3.05, 3.63) is 82.2 Å². The van der Waals surface area contributed by atoms with Crippen molar-refractivity contribution in [2.45, 2.75) is 18.9 Å². The van der Waals surface area contributed by atoms with Gasteiger partial charge >= 0.3 is 5.63 Å². The summed E-state index contributed by atoms with van der Waals surface area (Å²) in [6.07, 6.45) is 1.85. The van der Waals surface area contributed by atoms with E-state index in [1.807, 2.05) is 42.5 Å². The largest absolute Gasteiger partial charge is 0.422 e. The topological polar surface area (TPSA) is 50.5 Å². The molecule has 1 aromatic heterocycles. The van der Waals surface area contributed by atoms with Gasteiger partial charge in [0.2, 0.25) is 0 Å². The van der Waals surface area contributed by atoms with Gasteiger partial charge in [-0.2, -0.15) is 0 Å². The van der Waals surface area contributed by atoms with Crippen molar-refractivity contribution < 1.29 is 9.21 Å². The molecule has 3 aromatic rings. The van der Waals surface area contributed by atoms with E-state index in [0.717, 1.165) is 23.8 Å². The first kappa shape index (κ1) is 14.7. The van der Waals surface area contributed by atoms with Crippen molar-refractivity contribution in [3.63, 3.8) is 0 Å². The summed E-state index contributed by atoms with van der Waals surface area (Å²) in [6, 6.07) is 18.9. The Hall–Kier alpha value is -2.88. The molecule has 1 aliphatic heterocycles. The summed E-state index contributed by atoms with van der Waals surface area (Å²) in [6.45, 7) is 0.657. The molecule has 4 rings (SSSR count). The van der Waals surface area contributed by atoms with E-state index in [1.54, 1.807) is 23.1 Å². The van der Waals surface area contributed by atoms with Gasteiger partial charge in [-0.25, -0.2) is 4.79 Å². The van der Waals surface area contributed by atoms with Gasteiger partial charge in [0.1, 0.15) is 11.1 Å². The van der Waals surface area contributed by atoms with Gasteiger partial charge in [-0.05, 0) is 30.5 Å². The van der Waals surface area contributed by atoms with Crippen LogP contribution in [0, 0.1) is 0 Å². The fourth-order valence-electron chi connectivity index (χ4n) is 3.40. The molecule has 0 spiro atoms. The first-order valence-corrected chi connectivity index (χ1v) is 8.13. The van der Waals surface area contributed by atoms with Crippen LogP contribution >= 0.6 is 0 Å². The van der Waals surface area contributed by atoms with E-state index in [0.29, 0.717) is 12.1 Å². The number of nitrogens with zero attached hydrogens (tertiary/aromatic N) is 1.